The van der Waals surface area contributed by atoms with Crippen LogP contribution in [0.1, 0.15) is 19.5 Å². The molecule has 1 rings (SSSR count). The molecule has 1 aromatic rings. The number of amides is 1. The van der Waals surface area contributed by atoms with E-state index in [4.69, 9.17) is 11.5 Å². The highest BCUT2D eigenvalue weighted by Crippen LogP contribution is 2.14. The lowest BCUT2D eigenvalue weighted by atomic mass is 10.1. The molecule has 0 bridgehead atoms. The number of nitrogens with two attached hydrogens (primary N) is 2. The highest BCUT2D eigenvalue weighted by Gasteiger charge is 2.28. The van der Waals surface area contributed by atoms with Crippen molar-refractivity contribution in [2.75, 3.05) is 0 Å². The molecular weight excluding hydrogens is 268 g/mol. The van der Waals surface area contributed by atoms with Crippen molar-refractivity contribution in [1.82, 2.24) is 9.71 Å². The van der Waals surface area contributed by atoms with Crippen LogP contribution >= 0.6 is 0 Å². The first-order valence-corrected chi connectivity index (χ1v) is 7.23. The zero-order valence-corrected chi connectivity index (χ0v) is 11.6. The van der Waals surface area contributed by atoms with E-state index in [0.717, 1.165) is 0 Å². The molecule has 0 aliphatic carbocycles. The van der Waals surface area contributed by atoms with Crippen molar-refractivity contribution in [3.8, 4) is 0 Å². The van der Waals surface area contributed by atoms with Gasteiger partial charge in [-0.2, -0.15) is 4.72 Å². The van der Waals surface area contributed by atoms with Crippen LogP contribution in [0, 0.1) is 5.92 Å². The second-order valence-corrected chi connectivity index (χ2v) is 6.08. The second kappa shape index (κ2) is 6.09. The quantitative estimate of drug-likeness (QED) is 0.638. The number of aromatic nitrogens is 1. The van der Waals surface area contributed by atoms with Gasteiger partial charge in [-0.25, -0.2) is 8.42 Å². The van der Waals surface area contributed by atoms with E-state index in [1.54, 1.807) is 13.8 Å². The van der Waals surface area contributed by atoms with Gasteiger partial charge in [0.25, 0.3) is 0 Å². The number of pyridine rings is 1. The molecule has 5 N–H and O–H groups in total. The van der Waals surface area contributed by atoms with Gasteiger partial charge in [0, 0.05) is 12.7 Å². The molecule has 1 aromatic heterocycles. The van der Waals surface area contributed by atoms with Gasteiger partial charge in [0.05, 0.1) is 5.69 Å². The van der Waals surface area contributed by atoms with Gasteiger partial charge in [-0.15, -0.1) is 0 Å². The second-order valence-electron chi connectivity index (χ2n) is 4.40. The first-order chi connectivity index (χ1) is 8.79. The van der Waals surface area contributed by atoms with E-state index in [0.29, 0.717) is 0 Å². The summed E-state index contributed by atoms with van der Waals surface area (Å²) in [6.45, 7) is 3.38. The van der Waals surface area contributed by atoms with Crippen LogP contribution in [0.3, 0.4) is 0 Å². The molecule has 19 heavy (non-hydrogen) atoms. The molecule has 8 heteroatoms. The Bertz CT molecular complexity index is 557. The van der Waals surface area contributed by atoms with Gasteiger partial charge in [-0.3, -0.25) is 9.78 Å². The molecule has 0 radical (unpaired) electrons. The maximum atomic E-state index is 12.2. The fourth-order valence-electron chi connectivity index (χ4n) is 1.57. The summed E-state index contributed by atoms with van der Waals surface area (Å²) in [6, 6.07) is 1.90. The third-order valence-corrected chi connectivity index (χ3v) is 4.10. The molecule has 106 valence electrons. The number of hydrogen-bond acceptors (Lipinski definition) is 5. The van der Waals surface area contributed by atoms with Crippen molar-refractivity contribution in [3.05, 3.63) is 24.0 Å². The predicted octanol–water partition coefficient (Wildman–Crippen LogP) is -0.671. The van der Waals surface area contributed by atoms with Crippen LogP contribution in [0.5, 0.6) is 0 Å². The minimum atomic E-state index is -3.89. The van der Waals surface area contributed by atoms with E-state index in [9.17, 15) is 13.2 Å². The first-order valence-electron chi connectivity index (χ1n) is 5.75. The Labute approximate surface area is 112 Å². The van der Waals surface area contributed by atoms with Gasteiger partial charge in [0.1, 0.15) is 10.9 Å². The number of nitrogens with zero attached hydrogens (tertiary/aromatic N) is 1. The maximum Gasteiger partial charge on any atom is 0.243 e. The van der Waals surface area contributed by atoms with Crippen LogP contribution in [-0.2, 0) is 21.4 Å². The third kappa shape index (κ3) is 3.72. The molecule has 0 saturated carbocycles. The minimum Gasteiger partial charge on any atom is -0.368 e. The van der Waals surface area contributed by atoms with Crippen LogP contribution in [0.2, 0.25) is 0 Å². The highest BCUT2D eigenvalue weighted by atomic mass is 32.2. The Balaban J connectivity index is 3.14. The van der Waals surface area contributed by atoms with Gasteiger partial charge in [-0.05, 0) is 18.1 Å². The summed E-state index contributed by atoms with van der Waals surface area (Å²) < 4.78 is 26.7. The van der Waals surface area contributed by atoms with Crippen molar-refractivity contribution in [2.45, 2.75) is 31.3 Å². The predicted molar refractivity (Wildman–Crippen MR) is 70.3 cm³/mol. The fraction of sp³-hybridized carbons (Fsp3) is 0.455. The van der Waals surface area contributed by atoms with Crippen molar-refractivity contribution in [2.24, 2.45) is 17.4 Å². The van der Waals surface area contributed by atoms with E-state index in [1.165, 1.54) is 18.3 Å². The zero-order chi connectivity index (χ0) is 14.6. The van der Waals surface area contributed by atoms with E-state index in [2.05, 4.69) is 9.71 Å². The molecule has 0 saturated heterocycles. The van der Waals surface area contributed by atoms with Crippen molar-refractivity contribution in [3.63, 3.8) is 0 Å². The largest absolute Gasteiger partial charge is 0.368 e. The number of carbonyl (C=O) groups excluding carboxylic acids is 1. The van der Waals surface area contributed by atoms with Crippen LogP contribution < -0.4 is 16.2 Å². The summed E-state index contributed by atoms with van der Waals surface area (Å²) in [7, 11) is -3.89. The highest BCUT2D eigenvalue weighted by molar-refractivity contribution is 7.89. The SMILES string of the molecule is CC(C)C(NS(=O)(=O)c1cccnc1CN)C(N)=O. The summed E-state index contributed by atoms with van der Waals surface area (Å²) in [5, 5.41) is 0. The molecule has 1 heterocycles. The standard InChI is InChI=1S/C11H18N4O3S/c1-7(2)10(11(13)16)15-19(17,18)9-4-3-5-14-8(9)6-12/h3-5,7,10,15H,6,12H2,1-2H3,(H2,13,16). The van der Waals surface area contributed by atoms with Crippen molar-refractivity contribution < 1.29 is 13.2 Å². The molecule has 0 fully saturated rings. The van der Waals surface area contributed by atoms with Crippen LogP contribution in [-0.4, -0.2) is 25.4 Å². The van der Waals surface area contributed by atoms with Gasteiger partial charge in [0.2, 0.25) is 15.9 Å². The van der Waals surface area contributed by atoms with Gasteiger partial charge < -0.3 is 11.5 Å². The molecule has 1 unspecified atom stereocenters. The molecule has 0 spiro atoms. The molecule has 7 nitrogen and oxygen atoms in total. The molecule has 1 amide bonds. The fourth-order valence-corrected chi connectivity index (χ4v) is 3.13. The smallest absolute Gasteiger partial charge is 0.243 e. The maximum absolute atomic E-state index is 12.2. The van der Waals surface area contributed by atoms with Crippen molar-refractivity contribution >= 4 is 15.9 Å². The Hall–Kier alpha value is -1.51. The van der Waals surface area contributed by atoms with Gasteiger partial charge >= 0.3 is 0 Å². The lowest BCUT2D eigenvalue weighted by Crippen LogP contribution is -2.47. The third-order valence-electron chi connectivity index (χ3n) is 2.59. The van der Waals surface area contributed by atoms with Gasteiger partial charge in [0.15, 0.2) is 0 Å². The Morgan fingerprint density at radius 3 is 2.58 bits per heavy atom. The molecule has 1 atom stereocenters. The number of rotatable bonds is 6. The monoisotopic (exact) mass is 286 g/mol. The average Bonchev–Trinajstić information content (AvgIpc) is 2.35. The lowest BCUT2D eigenvalue weighted by molar-refractivity contribution is -0.120. The number of nitrogens with one attached hydrogen (secondary N) is 1. The average molecular weight is 286 g/mol. The number of carbonyl (C=O) groups is 1. The summed E-state index contributed by atoms with van der Waals surface area (Å²) in [4.78, 5) is 15.1. The summed E-state index contributed by atoms with van der Waals surface area (Å²) in [5.41, 5.74) is 10.9. The topological polar surface area (TPSA) is 128 Å². The Kier molecular flexibility index (Phi) is 4.98. The summed E-state index contributed by atoms with van der Waals surface area (Å²) >= 11 is 0. The number of primary amides is 1. The molecule has 0 aromatic carbocycles. The van der Waals surface area contributed by atoms with Crippen LogP contribution in [0.4, 0.5) is 0 Å². The first kappa shape index (κ1) is 15.5. The lowest BCUT2D eigenvalue weighted by Gasteiger charge is -2.19. The summed E-state index contributed by atoms with van der Waals surface area (Å²) in [6.07, 6.45) is 1.45. The summed E-state index contributed by atoms with van der Waals surface area (Å²) in [5.74, 6) is -0.984. The Morgan fingerprint density at radius 2 is 2.11 bits per heavy atom. The van der Waals surface area contributed by atoms with E-state index < -0.39 is 22.0 Å². The van der Waals surface area contributed by atoms with Crippen LogP contribution in [0.25, 0.3) is 0 Å². The molecule has 0 aliphatic heterocycles. The molecular formula is C11H18N4O3S. The number of sulfonamides is 1. The molecule has 0 aliphatic rings. The zero-order valence-electron chi connectivity index (χ0n) is 10.8. The van der Waals surface area contributed by atoms with Gasteiger partial charge in [-0.1, -0.05) is 13.8 Å². The Morgan fingerprint density at radius 1 is 1.47 bits per heavy atom. The van der Waals surface area contributed by atoms with Crippen molar-refractivity contribution in [1.29, 1.82) is 0 Å². The van der Waals surface area contributed by atoms with E-state index in [-0.39, 0.29) is 23.1 Å². The van der Waals surface area contributed by atoms with E-state index in [1.807, 2.05) is 0 Å². The number of hydrogen-bond donors (Lipinski definition) is 3. The van der Waals surface area contributed by atoms with E-state index >= 15 is 0 Å². The van der Waals surface area contributed by atoms with Crippen LogP contribution in [0.15, 0.2) is 23.2 Å². The minimum absolute atomic E-state index is 0.0139. The normalized spacial score (nSPS) is 13.5.